The number of benzene rings is 4. The van der Waals surface area contributed by atoms with Crippen LogP contribution in [0.3, 0.4) is 0 Å². The van der Waals surface area contributed by atoms with Crippen molar-refractivity contribution in [3.63, 3.8) is 0 Å². The van der Waals surface area contributed by atoms with Gasteiger partial charge in [0.15, 0.2) is 0 Å². The standard InChI is InChI=1S/C30H25NO3S/c1-21-17-19-25(20-18-21)35(33,34)29-26(22-11-5-2-6-12-22)27(23-13-7-3-8-14-23)30(32)31-28(29)24-15-9-4-10-16-24/h2-20,26-27H,1H3,(H,31,32)/t26-,27-/m0/s1. The maximum Gasteiger partial charge on any atom is 0.232 e. The number of hydrogen-bond acceptors (Lipinski definition) is 3. The third kappa shape index (κ3) is 4.31. The number of allylic oxidation sites excluding steroid dienone is 1. The summed E-state index contributed by atoms with van der Waals surface area (Å²) in [6, 6.07) is 34.9. The van der Waals surface area contributed by atoms with Gasteiger partial charge >= 0.3 is 0 Å². The van der Waals surface area contributed by atoms with Crippen LogP contribution in [0.5, 0.6) is 0 Å². The van der Waals surface area contributed by atoms with Gasteiger partial charge in [0.25, 0.3) is 0 Å². The van der Waals surface area contributed by atoms with Crippen molar-refractivity contribution in [1.82, 2.24) is 5.32 Å². The fourth-order valence-corrected chi connectivity index (χ4v) is 6.49. The van der Waals surface area contributed by atoms with Gasteiger partial charge in [0.05, 0.1) is 21.4 Å². The Morgan fingerprint density at radius 3 is 1.66 bits per heavy atom. The third-order valence-corrected chi connectivity index (χ3v) is 8.32. The first-order valence-electron chi connectivity index (χ1n) is 11.5. The second-order valence-corrected chi connectivity index (χ2v) is 10.6. The van der Waals surface area contributed by atoms with Crippen LogP contribution in [0.1, 0.15) is 34.1 Å². The first-order chi connectivity index (χ1) is 17.0. The summed E-state index contributed by atoms with van der Waals surface area (Å²) in [6.45, 7) is 1.92. The molecule has 0 bridgehead atoms. The summed E-state index contributed by atoms with van der Waals surface area (Å²) in [6.07, 6.45) is 0. The van der Waals surface area contributed by atoms with Crippen LogP contribution in [0.15, 0.2) is 125 Å². The van der Waals surface area contributed by atoms with E-state index in [-0.39, 0.29) is 15.7 Å². The van der Waals surface area contributed by atoms with Crippen molar-refractivity contribution in [2.24, 2.45) is 0 Å². The number of sulfone groups is 1. The molecule has 0 unspecified atom stereocenters. The Morgan fingerprint density at radius 2 is 1.11 bits per heavy atom. The summed E-state index contributed by atoms with van der Waals surface area (Å²) >= 11 is 0. The minimum atomic E-state index is -3.97. The van der Waals surface area contributed by atoms with Crippen LogP contribution in [-0.2, 0) is 14.6 Å². The van der Waals surface area contributed by atoms with Crippen molar-refractivity contribution in [3.05, 3.63) is 142 Å². The number of amides is 1. The highest BCUT2D eigenvalue weighted by molar-refractivity contribution is 7.95. The van der Waals surface area contributed by atoms with Crippen LogP contribution in [0.2, 0.25) is 0 Å². The summed E-state index contributed by atoms with van der Waals surface area (Å²) in [5.74, 6) is -1.64. The van der Waals surface area contributed by atoms with E-state index in [1.807, 2.05) is 97.9 Å². The van der Waals surface area contributed by atoms with Crippen LogP contribution in [0.25, 0.3) is 5.70 Å². The number of aryl methyl sites for hydroxylation is 1. The summed E-state index contributed by atoms with van der Waals surface area (Å²) in [5, 5.41) is 2.98. The van der Waals surface area contributed by atoms with Crippen molar-refractivity contribution >= 4 is 21.4 Å². The molecule has 5 heteroatoms. The van der Waals surface area contributed by atoms with Gasteiger partial charge in [-0.1, -0.05) is 109 Å². The highest BCUT2D eigenvalue weighted by Crippen LogP contribution is 2.48. The highest BCUT2D eigenvalue weighted by atomic mass is 32.2. The molecule has 0 aliphatic carbocycles. The van der Waals surface area contributed by atoms with E-state index >= 15 is 0 Å². The summed E-state index contributed by atoms with van der Waals surface area (Å²) in [4.78, 5) is 14.1. The molecule has 0 fully saturated rings. The van der Waals surface area contributed by atoms with Crippen LogP contribution >= 0.6 is 0 Å². The molecule has 1 heterocycles. The molecule has 35 heavy (non-hydrogen) atoms. The van der Waals surface area contributed by atoms with Gasteiger partial charge in [-0.15, -0.1) is 0 Å². The van der Waals surface area contributed by atoms with E-state index in [0.29, 0.717) is 11.3 Å². The second-order valence-electron chi connectivity index (χ2n) is 8.69. The van der Waals surface area contributed by atoms with Crippen LogP contribution in [0.4, 0.5) is 0 Å². The molecule has 1 aliphatic rings. The zero-order valence-corrected chi connectivity index (χ0v) is 20.1. The molecule has 1 aliphatic heterocycles. The molecule has 1 N–H and O–H groups in total. The highest BCUT2D eigenvalue weighted by Gasteiger charge is 2.45. The minimum absolute atomic E-state index is 0.201. The topological polar surface area (TPSA) is 63.2 Å². The molecule has 0 aromatic heterocycles. The fraction of sp³-hybridized carbons (Fsp3) is 0.100. The van der Waals surface area contributed by atoms with Gasteiger partial charge in [-0.25, -0.2) is 8.42 Å². The second kappa shape index (κ2) is 9.35. The predicted molar refractivity (Wildman–Crippen MR) is 138 cm³/mol. The number of carbonyl (C=O) groups is 1. The Bertz CT molecular complexity index is 1480. The van der Waals surface area contributed by atoms with E-state index < -0.39 is 21.7 Å². The molecule has 0 radical (unpaired) electrons. The lowest BCUT2D eigenvalue weighted by molar-refractivity contribution is -0.122. The lowest BCUT2D eigenvalue weighted by Crippen LogP contribution is -2.40. The van der Waals surface area contributed by atoms with E-state index in [4.69, 9.17) is 0 Å². The Hall–Kier alpha value is -3.96. The number of hydrogen-bond donors (Lipinski definition) is 1. The Kier molecular flexibility index (Phi) is 6.10. The summed E-state index contributed by atoms with van der Waals surface area (Å²) in [7, 11) is -3.97. The normalized spacial score (nSPS) is 18.3. The van der Waals surface area contributed by atoms with Gasteiger partial charge < -0.3 is 5.32 Å². The van der Waals surface area contributed by atoms with Crippen LogP contribution in [-0.4, -0.2) is 14.3 Å². The Morgan fingerprint density at radius 1 is 0.629 bits per heavy atom. The van der Waals surface area contributed by atoms with Gasteiger partial charge in [-0.3, -0.25) is 4.79 Å². The quantitative estimate of drug-likeness (QED) is 0.391. The maximum atomic E-state index is 14.3. The van der Waals surface area contributed by atoms with E-state index in [1.165, 1.54) is 0 Å². The van der Waals surface area contributed by atoms with Gasteiger partial charge in [0.1, 0.15) is 0 Å². The van der Waals surface area contributed by atoms with Crippen molar-refractivity contribution in [1.29, 1.82) is 0 Å². The van der Waals surface area contributed by atoms with Gasteiger partial charge in [0, 0.05) is 5.92 Å². The van der Waals surface area contributed by atoms with Crippen molar-refractivity contribution < 1.29 is 13.2 Å². The summed E-state index contributed by atoms with van der Waals surface area (Å²) in [5.41, 5.74) is 3.49. The first-order valence-corrected chi connectivity index (χ1v) is 13.0. The van der Waals surface area contributed by atoms with Gasteiger partial charge in [-0.2, -0.15) is 0 Å². The molecule has 174 valence electrons. The molecule has 0 saturated heterocycles. The number of carbonyl (C=O) groups excluding carboxylic acids is 1. The zero-order valence-electron chi connectivity index (χ0n) is 19.3. The first kappa shape index (κ1) is 22.8. The summed E-state index contributed by atoms with van der Waals surface area (Å²) < 4.78 is 28.7. The molecule has 4 nitrogen and oxygen atoms in total. The molecular weight excluding hydrogens is 454 g/mol. The molecule has 4 aromatic carbocycles. The molecule has 0 saturated carbocycles. The van der Waals surface area contributed by atoms with E-state index in [1.54, 1.807) is 24.3 Å². The average Bonchev–Trinajstić information content (AvgIpc) is 2.89. The Balaban J connectivity index is 1.85. The lowest BCUT2D eigenvalue weighted by Gasteiger charge is -2.35. The third-order valence-electron chi connectivity index (χ3n) is 6.39. The van der Waals surface area contributed by atoms with Crippen molar-refractivity contribution in [3.8, 4) is 0 Å². The smallest absolute Gasteiger partial charge is 0.232 e. The average molecular weight is 480 g/mol. The lowest BCUT2D eigenvalue weighted by atomic mass is 9.77. The van der Waals surface area contributed by atoms with E-state index in [0.717, 1.165) is 16.7 Å². The van der Waals surface area contributed by atoms with E-state index in [9.17, 15) is 13.2 Å². The van der Waals surface area contributed by atoms with Crippen LogP contribution < -0.4 is 5.32 Å². The SMILES string of the molecule is Cc1ccc(S(=O)(=O)C2=C(c3ccccc3)NC(=O)[C@@H](c3ccccc3)[C@@H]2c2ccccc2)cc1. The molecule has 5 rings (SSSR count). The molecule has 0 spiro atoms. The van der Waals surface area contributed by atoms with Crippen molar-refractivity contribution in [2.45, 2.75) is 23.7 Å². The predicted octanol–water partition coefficient (Wildman–Crippen LogP) is 5.83. The molecule has 2 atom stereocenters. The number of nitrogens with one attached hydrogen (secondary N) is 1. The molecule has 1 amide bonds. The van der Waals surface area contributed by atoms with Gasteiger partial charge in [-0.05, 0) is 35.7 Å². The molecule has 4 aromatic rings. The fourth-order valence-electron chi connectivity index (χ4n) is 4.69. The van der Waals surface area contributed by atoms with Crippen molar-refractivity contribution in [2.75, 3.05) is 0 Å². The maximum absolute atomic E-state index is 14.3. The zero-order chi connectivity index (χ0) is 24.4. The van der Waals surface area contributed by atoms with E-state index in [2.05, 4.69) is 5.32 Å². The molecular formula is C30H25NO3S. The Labute approximate surface area is 205 Å². The van der Waals surface area contributed by atoms with Crippen LogP contribution in [0, 0.1) is 6.92 Å². The largest absolute Gasteiger partial charge is 0.324 e. The van der Waals surface area contributed by atoms with Gasteiger partial charge in [0.2, 0.25) is 15.7 Å². The number of rotatable bonds is 5. The monoisotopic (exact) mass is 479 g/mol. The minimum Gasteiger partial charge on any atom is -0.324 e.